The van der Waals surface area contributed by atoms with Crippen LogP contribution in [0.2, 0.25) is 0 Å². The third-order valence-corrected chi connectivity index (χ3v) is 4.37. The van der Waals surface area contributed by atoms with Gasteiger partial charge < -0.3 is 10.1 Å². The standard InChI is InChI=1S/C22H35NO3/c1-6-7-8-9-10-15-26-20(24)16-17(2)23-21(25)18-11-13-19(14-12-18)22(3,4)5/h11-14,17H,6-10,15-16H2,1-5H3,(H,23,25). The number of benzene rings is 1. The van der Waals surface area contributed by atoms with Gasteiger partial charge in [0.1, 0.15) is 0 Å². The second kappa shape index (κ2) is 11.0. The van der Waals surface area contributed by atoms with Gasteiger partial charge in [0.25, 0.3) is 5.91 Å². The molecule has 0 bridgehead atoms. The molecule has 0 aliphatic carbocycles. The van der Waals surface area contributed by atoms with Crippen molar-refractivity contribution in [1.29, 1.82) is 0 Å². The molecule has 1 atom stereocenters. The van der Waals surface area contributed by atoms with Crippen molar-refractivity contribution >= 4 is 11.9 Å². The molecule has 0 saturated carbocycles. The molecule has 26 heavy (non-hydrogen) atoms. The molecular formula is C22H35NO3. The van der Waals surface area contributed by atoms with Crippen molar-refractivity contribution in [3.63, 3.8) is 0 Å². The van der Waals surface area contributed by atoms with E-state index in [0.717, 1.165) is 12.8 Å². The first kappa shape index (κ1) is 22.2. The summed E-state index contributed by atoms with van der Waals surface area (Å²) in [5.41, 5.74) is 1.85. The van der Waals surface area contributed by atoms with Crippen molar-refractivity contribution < 1.29 is 14.3 Å². The van der Waals surface area contributed by atoms with Gasteiger partial charge in [-0.2, -0.15) is 0 Å². The first-order valence-corrected chi connectivity index (χ1v) is 9.81. The fourth-order valence-electron chi connectivity index (χ4n) is 2.68. The van der Waals surface area contributed by atoms with E-state index in [-0.39, 0.29) is 29.8 Å². The Balaban J connectivity index is 2.34. The molecule has 1 unspecified atom stereocenters. The Bertz CT molecular complexity index is 558. The summed E-state index contributed by atoms with van der Waals surface area (Å²) in [6.45, 7) is 10.9. The number of carbonyl (C=O) groups is 2. The number of hydrogen-bond acceptors (Lipinski definition) is 3. The lowest BCUT2D eigenvalue weighted by Gasteiger charge is -2.19. The van der Waals surface area contributed by atoms with E-state index in [1.807, 2.05) is 31.2 Å². The van der Waals surface area contributed by atoms with E-state index < -0.39 is 0 Å². The van der Waals surface area contributed by atoms with Crippen LogP contribution >= 0.6 is 0 Å². The average molecular weight is 362 g/mol. The van der Waals surface area contributed by atoms with Crippen LogP contribution < -0.4 is 5.32 Å². The zero-order valence-corrected chi connectivity index (χ0v) is 17.1. The van der Waals surface area contributed by atoms with Gasteiger partial charge in [-0.25, -0.2) is 0 Å². The second-order valence-corrected chi connectivity index (χ2v) is 8.04. The number of hydrogen-bond donors (Lipinski definition) is 1. The van der Waals surface area contributed by atoms with Gasteiger partial charge in [0.2, 0.25) is 0 Å². The van der Waals surface area contributed by atoms with E-state index >= 15 is 0 Å². The topological polar surface area (TPSA) is 55.4 Å². The first-order chi connectivity index (χ1) is 12.2. The summed E-state index contributed by atoms with van der Waals surface area (Å²) >= 11 is 0. The number of rotatable bonds is 10. The molecule has 0 aliphatic heterocycles. The lowest BCUT2D eigenvalue weighted by atomic mass is 9.86. The smallest absolute Gasteiger partial charge is 0.307 e. The molecule has 1 N–H and O–H groups in total. The van der Waals surface area contributed by atoms with Gasteiger partial charge in [0.05, 0.1) is 13.0 Å². The van der Waals surface area contributed by atoms with Gasteiger partial charge in [0.15, 0.2) is 0 Å². The number of amides is 1. The normalized spacial score (nSPS) is 12.5. The van der Waals surface area contributed by atoms with E-state index in [1.54, 1.807) is 0 Å². The van der Waals surface area contributed by atoms with Crippen LogP contribution in [-0.2, 0) is 14.9 Å². The zero-order chi connectivity index (χ0) is 19.6. The van der Waals surface area contributed by atoms with Gasteiger partial charge in [-0.05, 0) is 36.5 Å². The third kappa shape index (κ3) is 8.50. The summed E-state index contributed by atoms with van der Waals surface area (Å²) in [5.74, 6) is -0.415. The number of esters is 1. The van der Waals surface area contributed by atoms with Crippen LogP contribution in [0.5, 0.6) is 0 Å². The lowest BCUT2D eigenvalue weighted by Crippen LogP contribution is -2.34. The maximum absolute atomic E-state index is 12.3. The molecule has 0 heterocycles. The molecule has 0 saturated heterocycles. The number of carbonyl (C=O) groups excluding carboxylic acids is 2. The summed E-state index contributed by atoms with van der Waals surface area (Å²) in [4.78, 5) is 24.1. The first-order valence-electron chi connectivity index (χ1n) is 9.81. The Hall–Kier alpha value is -1.84. The van der Waals surface area contributed by atoms with Crippen LogP contribution in [0.3, 0.4) is 0 Å². The highest BCUT2D eigenvalue weighted by atomic mass is 16.5. The fourth-order valence-corrected chi connectivity index (χ4v) is 2.68. The van der Waals surface area contributed by atoms with Crippen LogP contribution in [0.4, 0.5) is 0 Å². The van der Waals surface area contributed by atoms with E-state index in [9.17, 15) is 9.59 Å². The van der Waals surface area contributed by atoms with Crippen LogP contribution in [0.25, 0.3) is 0 Å². The van der Waals surface area contributed by atoms with Crippen molar-refractivity contribution in [1.82, 2.24) is 5.32 Å². The molecule has 1 rings (SSSR count). The summed E-state index contributed by atoms with van der Waals surface area (Å²) in [6.07, 6.45) is 5.82. The maximum atomic E-state index is 12.3. The van der Waals surface area contributed by atoms with Crippen LogP contribution in [-0.4, -0.2) is 24.5 Å². The number of nitrogens with one attached hydrogen (secondary N) is 1. The van der Waals surface area contributed by atoms with E-state index in [2.05, 4.69) is 33.0 Å². The van der Waals surface area contributed by atoms with Crippen LogP contribution in [0, 0.1) is 0 Å². The average Bonchev–Trinajstić information content (AvgIpc) is 2.57. The molecule has 1 aromatic rings. The van der Waals surface area contributed by atoms with Gasteiger partial charge in [-0.15, -0.1) is 0 Å². The predicted molar refractivity (Wildman–Crippen MR) is 106 cm³/mol. The SMILES string of the molecule is CCCCCCCOC(=O)CC(C)NC(=O)c1ccc(C(C)(C)C)cc1. The van der Waals surface area contributed by atoms with Crippen molar-refractivity contribution in [3.8, 4) is 0 Å². The summed E-state index contributed by atoms with van der Waals surface area (Å²) in [5, 5.41) is 2.86. The molecule has 0 fully saturated rings. The van der Waals surface area contributed by atoms with Crippen molar-refractivity contribution in [2.24, 2.45) is 0 Å². The van der Waals surface area contributed by atoms with Gasteiger partial charge in [0, 0.05) is 11.6 Å². The second-order valence-electron chi connectivity index (χ2n) is 8.04. The fraction of sp³-hybridized carbons (Fsp3) is 0.636. The van der Waals surface area contributed by atoms with Gasteiger partial charge in [-0.3, -0.25) is 9.59 Å². The van der Waals surface area contributed by atoms with Gasteiger partial charge in [-0.1, -0.05) is 65.5 Å². The number of unbranched alkanes of at least 4 members (excludes halogenated alkanes) is 4. The third-order valence-electron chi connectivity index (χ3n) is 4.37. The largest absolute Gasteiger partial charge is 0.466 e. The van der Waals surface area contributed by atoms with E-state index in [1.165, 1.54) is 24.8 Å². The molecule has 4 nitrogen and oxygen atoms in total. The summed E-state index contributed by atoms with van der Waals surface area (Å²) in [6, 6.07) is 7.37. The molecule has 0 aromatic heterocycles. The zero-order valence-electron chi connectivity index (χ0n) is 17.1. The van der Waals surface area contributed by atoms with Crippen LogP contribution in [0.1, 0.15) is 89.1 Å². The van der Waals surface area contributed by atoms with Crippen molar-refractivity contribution in [2.75, 3.05) is 6.61 Å². The Morgan fingerprint density at radius 1 is 1.04 bits per heavy atom. The highest BCUT2D eigenvalue weighted by Crippen LogP contribution is 2.22. The number of ether oxygens (including phenoxy) is 1. The van der Waals surface area contributed by atoms with E-state index in [0.29, 0.717) is 12.2 Å². The minimum absolute atomic E-state index is 0.0581. The quantitative estimate of drug-likeness (QED) is 0.471. The monoisotopic (exact) mass is 361 g/mol. The Morgan fingerprint density at radius 2 is 1.65 bits per heavy atom. The summed E-state index contributed by atoms with van der Waals surface area (Å²) in [7, 11) is 0. The Morgan fingerprint density at radius 3 is 2.23 bits per heavy atom. The van der Waals surface area contributed by atoms with Crippen LogP contribution in [0.15, 0.2) is 24.3 Å². The predicted octanol–water partition coefficient (Wildman–Crippen LogP) is 5.01. The maximum Gasteiger partial charge on any atom is 0.307 e. The molecule has 0 spiro atoms. The lowest BCUT2D eigenvalue weighted by molar-refractivity contribution is -0.144. The molecule has 146 valence electrons. The molecule has 1 aromatic carbocycles. The Labute approximate surface area is 158 Å². The molecule has 0 radical (unpaired) electrons. The van der Waals surface area contributed by atoms with Gasteiger partial charge >= 0.3 is 5.97 Å². The van der Waals surface area contributed by atoms with Crippen molar-refractivity contribution in [3.05, 3.63) is 35.4 Å². The van der Waals surface area contributed by atoms with Crippen molar-refractivity contribution in [2.45, 2.75) is 84.6 Å². The molecular weight excluding hydrogens is 326 g/mol. The highest BCUT2D eigenvalue weighted by Gasteiger charge is 2.16. The minimum atomic E-state index is -0.253. The highest BCUT2D eigenvalue weighted by molar-refractivity contribution is 5.94. The minimum Gasteiger partial charge on any atom is -0.466 e. The molecule has 0 aliphatic rings. The van der Waals surface area contributed by atoms with E-state index in [4.69, 9.17) is 4.74 Å². The molecule has 1 amide bonds. The summed E-state index contributed by atoms with van der Waals surface area (Å²) < 4.78 is 5.24. The Kier molecular flexibility index (Phi) is 9.39. The molecule has 4 heteroatoms.